The molecule has 1 heterocycles. The number of fused-ring (bicyclic) bond motifs is 4. The Morgan fingerprint density at radius 3 is 1.62 bits per heavy atom. The Labute approximate surface area is 349 Å². The molecule has 0 radical (unpaired) electrons. The van der Waals surface area contributed by atoms with E-state index in [1.165, 1.54) is 55.3 Å². The van der Waals surface area contributed by atoms with Crippen LogP contribution in [0.15, 0.2) is 241 Å². The Hall–Kier alpha value is -7.94. The highest BCUT2D eigenvalue weighted by molar-refractivity contribution is 6.14. The van der Waals surface area contributed by atoms with Gasteiger partial charge in [0.15, 0.2) is 0 Å². The summed E-state index contributed by atoms with van der Waals surface area (Å²) < 4.78 is 6.50. The van der Waals surface area contributed by atoms with Crippen molar-refractivity contribution in [1.29, 1.82) is 0 Å². The van der Waals surface area contributed by atoms with Crippen LogP contribution in [0, 0.1) is 0 Å². The lowest BCUT2D eigenvalue weighted by Gasteiger charge is -2.29. The molecular formula is C58H39NO. The Morgan fingerprint density at radius 2 is 0.817 bits per heavy atom. The molecule has 0 atom stereocenters. The van der Waals surface area contributed by atoms with Gasteiger partial charge in [-0.3, -0.25) is 0 Å². The van der Waals surface area contributed by atoms with Gasteiger partial charge in [0.1, 0.15) is 11.2 Å². The Bertz CT molecular complexity index is 3300. The highest BCUT2D eigenvalue weighted by Gasteiger charge is 2.24. The lowest BCUT2D eigenvalue weighted by Crippen LogP contribution is -2.11. The van der Waals surface area contributed by atoms with Crippen LogP contribution in [-0.4, -0.2) is 0 Å². The van der Waals surface area contributed by atoms with Crippen molar-refractivity contribution in [2.24, 2.45) is 0 Å². The third kappa shape index (κ3) is 6.23. The maximum Gasteiger partial charge on any atom is 0.137 e. The summed E-state index contributed by atoms with van der Waals surface area (Å²) in [6, 6.07) is 84.9. The third-order valence-corrected chi connectivity index (χ3v) is 11.7. The van der Waals surface area contributed by atoms with Crippen molar-refractivity contribution in [3.63, 3.8) is 0 Å². The second-order valence-corrected chi connectivity index (χ2v) is 15.2. The van der Waals surface area contributed by atoms with Gasteiger partial charge in [0, 0.05) is 16.6 Å². The predicted octanol–water partition coefficient (Wildman–Crippen LogP) is 16.5. The smallest absolute Gasteiger partial charge is 0.137 e. The number of furan rings is 1. The fraction of sp³-hybridized carbons (Fsp3) is 0. The van der Waals surface area contributed by atoms with Crippen molar-refractivity contribution in [3.8, 4) is 55.6 Å². The van der Waals surface area contributed by atoms with E-state index in [9.17, 15) is 0 Å². The minimum Gasteiger partial charge on any atom is -0.456 e. The molecule has 10 aromatic carbocycles. The zero-order valence-electron chi connectivity index (χ0n) is 32.9. The zero-order valence-corrected chi connectivity index (χ0v) is 32.9. The first-order chi connectivity index (χ1) is 29.8. The predicted molar refractivity (Wildman–Crippen MR) is 253 cm³/mol. The van der Waals surface area contributed by atoms with Gasteiger partial charge >= 0.3 is 0 Å². The molecule has 0 saturated heterocycles. The van der Waals surface area contributed by atoms with E-state index < -0.39 is 0 Å². The number of anilines is 3. The molecule has 2 heteroatoms. The van der Waals surface area contributed by atoms with Crippen LogP contribution in [-0.2, 0) is 0 Å². The highest BCUT2D eigenvalue weighted by atomic mass is 16.3. The van der Waals surface area contributed by atoms with Crippen LogP contribution < -0.4 is 4.90 Å². The van der Waals surface area contributed by atoms with Gasteiger partial charge in [0.25, 0.3) is 0 Å². The summed E-state index contributed by atoms with van der Waals surface area (Å²) >= 11 is 0. The van der Waals surface area contributed by atoms with E-state index in [1.807, 2.05) is 6.07 Å². The second kappa shape index (κ2) is 15.1. The van der Waals surface area contributed by atoms with E-state index >= 15 is 0 Å². The topological polar surface area (TPSA) is 16.4 Å². The second-order valence-electron chi connectivity index (χ2n) is 15.2. The van der Waals surface area contributed by atoms with Crippen molar-refractivity contribution in [3.05, 3.63) is 237 Å². The fourth-order valence-corrected chi connectivity index (χ4v) is 8.91. The minimum atomic E-state index is 0.856. The van der Waals surface area contributed by atoms with Crippen molar-refractivity contribution in [2.45, 2.75) is 0 Å². The lowest BCUT2D eigenvalue weighted by molar-refractivity contribution is 0.669. The molecule has 1 aromatic heterocycles. The normalized spacial score (nSPS) is 11.3. The SMILES string of the molecule is c1ccc(-c2ccc(-c3ccccc3)c(-c3ccccc3-c3ccccc3N(c3ccc(-c4cccc5ccccc45)cc3)c3cccc4oc5ccccc5c34)c2)cc1. The van der Waals surface area contributed by atoms with Crippen molar-refractivity contribution in [2.75, 3.05) is 4.90 Å². The van der Waals surface area contributed by atoms with E-state index in [0.717, 1.165) is 50.1 Å². The van der Waals surface area contributed by atoms with Crippen LogP contribution in [0.4, 0.5) is 17.1 Å². The highest BCUT2D eigenvalue weighted by Crippen LogP contribution is 2.48. The van der Waals surface area contributed by atoms with Gasteiger partial charge in [-0.2, -0.15) is 0 Å². The van der Waals surface area contributed by atoms with Crippen LogP contribution in [0.25, 0.3) is 88.3 Å². The van der Waals surface area contributed by atoms with E-state index in [2.05, 4.69) is 235 Å². The summed E-state index contributed by atoms with van der Waals surface area (Å²) in [6.07, 6.45) is 0. The summed E-state index contributed by atoms with van der Waals surface area (Å²) in [6.45, 7) is 0. The largest absolute Gasteiger partial charge is 0.456 e. The average Bonchev–Trinajstić information content (AvgIpc) is 3.72. The lowest BCUT2D eigenvalue weighted by atomic mass is 9.87. The van der Waals surface area contributed by atoms with Gasteiger partial charge in [0.05, 0.1) is 16.8 Å². The van der Waals surface area contributed by atoms with Crippen LogP contribution in [0.2, 0.25) is 0 Å². The molecule has 0 aliphatic heterocycles. The number of hydrogen-bond donors (Lipinski definition) is 0. The molecule has 0 aliphatic carbocycles. The molecule has 60 heavy (non-hydrogen) atoms. The van der Waals surface area contributed by atoms with E-state index in [0.29, 0.717) is 0 Å². The molecular weight excluding hydrogens is 727 g/mol. The summed E-state index contributed by atoms with van der Waals surface area (Å²) in [5.74, 6) is 0. The Balaban J connectivity index is 1.14. The molecule has 11 rings (SSSR count). The van der Waals surface area contributed by atoms with Gasteiger partial charge in [-0.25, -0.2) is 0 Å². The molecule has 0 bridgehead atoms. The van der Waals surface area contributed by atoms with Gasteiger partial charge in [-0.15, -0.1) is 0 Å². The average molecular weight is 766 g/mol. The molecule has 0 spiro atoms. The van der Waals surface area contributed by atoms with Crippen LogP contribution >= 0.6 is 0 Å². The standard InChI is InChI=1S/C58H39NO/c1-3-17-40(18-4-1)44-35-38-48(41-19-5-2-6-20-41)53(39-44)50-25-10-9-24-49(50)51-26-11-13-29-54(51)59(55-30-16-32-57-58(55)52-27-12-14-31-56(52)60-57)45-36-33-43(34-37-45)47-28-15-22-42-21-7-8-23-46(42)47/h1-39H. The minimum absolute atomic E-state index is 0.856. The van der Waals surface area contributed by atoms with Crippen molar-refractivity contribution >= 4 is 49.8 Å². The van der Waals surface area contributed by atoms with Gasteiger partial charge in [-0.05, 0) is 103 Å². The first-order valence-corrected chi connectivity index (χ1v) is 20.5. The summed E-state index contributed by atoms with van der Waals surface area (Å²) in [4.78, 5) is 2.42. The van der Waals surface area contributed by atoms with E-state index in [1.54, 1.807) is 0 Å². The molecule has 0 amide bonds. The molecule has 11 aromatic rings. The number of para-hydroxylation sites is 2. The van der Waals surface area contributed by atoms with Gasteiger partial charge in [0.2, 0.25) is 0 Å². The fourth-order valence-electron chi connectivity index (χ4n) is 8.91. The van der Waals surface area contributed by atoms with Gasteiger partial charge in [-0.1, -0.05) is 194 Å². The third-order valence-electron chi connectivity index (χ3n) is 11.7. The van der Waals surface area contributed by atoms with E-state index in [-0.39, 0.29) is 0 Å². The number of nitrogens with zero attached hydrogens (tertiary/aromatic N) is 1. The van der Waals surface area contributed by atoms with Crippen LogP contribution in [0.3, 0.4) is 0 Å². The Morgan fingerprint density at radius 1 is 0.283 bits per heavy atom. The molecule has 282 valence electrons. The van der Waals surface area contributed by atoms with Crippen LogP contribution in [0.1, 0.15) is 0 Å². The number of hydrogen-bond acceptors (Lipinski definition) is 2. The molecule has 0 N–H and O–H groups in total. The monoisotopic (exact) mass is 765 g/mol. The van der Waals surface area contributed by atoms with Crippen molar-refractivity contribution in [1.82, 2.24) is 0 Å². The first kappa shape index (κ1) is 35.2. The summed E-state index contributed by atoms with van der Waals surface area (Å²) in [5.41, 5.74) is 16.7. The van der Waals surface area contributed by atoms with E-state index in [4.69, 9.17) is 4.42 Å². The molecule has 2 nitrogen and oxygen atoms in total. The van der Waals surface area contributed by atoms with Crippen molar-refractivity contribution < 1.29 is 4.42 Å². The molecule has 0 saturated carbocycles. The maximum atomic E-state index is 6.50. The van der Waals surface area contributed by atoms with Gasteiger partial charge < -0.3 is 9.32 Å². The number of benzene rings is 10. The molecule has 0 fully saturated rings. The summed E-state index contributed by atoms with van der Waals surface area (Å²) in [5, 5.41) is 4.64. The Kier molecular flexibility index (Phi) is 8.87. The maximum absolute atomic E-state index is 6.50. The molecule has 0 aliphatic rings. The molecule has 0 unspecified atom stereocenters. The zero-order chi connectivity index (χ0) is 39.8. The number of rotatable bonds is 8. The quantitative estimate of drug-likeness (QED) is 0.153. The summed E-state index contributed by atoms with van der Waals surface area (Å²) in [7, 11) is 0. The first-order valence-electron chi connectivity index (χ1n) is 20.5. The van der Waals surface area contributed by atoms with Crippen LogP contribution in [0.5, 0.6) is 0 Å².